The van der Waals surface area contributed by atoms with Crippen molar-refractivity contribution in [1.29, 1.82) is 0 Å². The molecule has 3 N–H and O–H groups in total. The first-order chi connectivity index (χ1) is 9.99. The molecule has 112 valence electrons. The van der Waals surface area contributed by atoms with E-state index in [1.807, 2.05) is 37.3 Å². The molecule has 0 saturated heterocycles. The molecule has 0 aromatic heterocycles. The number of benzene rings is 2. The van der Waals surface area contributed by atoms with Crippen LogP contribution < -0.4 is 5.73 Å². The molecule has 0 aliphatic heterocycles. The van der Waals surface area contributed by atoms with E-state index in [0.29, 0.717) is 17.4 Å². The lowest BCUT2D eigenvalue weighted by molar-refractivity contribution is 0.196. The van der Waals surface area contributed by atoms with Gasteiger partial charge in [0.25, 0.3) is 0 Å². The summed E-state index contributed by atoms with van der Waals surface area (Å²) in [5, 5.41) is 9.91. The highest BCUT2D eigenvalue weighted by molar-refractivity contribution is 9.10. The van der Waals surface area contributed by atoms with Gasteiger partial charge in [0.15, 0.2) is 0 Å². The van der Waals surface area contributed by atoms with E-state index >= 15 is 0 Å². The second-order valence-electron chi connectivity index (χ2n) is 5.46. The molecule has 2 aromatic rings. The number of aryl methyl sites for hydroxylation is 1. The lowest BCUT2D eigenvalue weighted by Gasteiger charge is -2.31. The smallest absolute Gasteiger partial charge is 0.124 e. The van der Waals surface area contributed by atoms with Crippen LogP contribution in [0, 0.1) is 12.7 Å². The van der Waals surface area contributed by atoms with Crippen molar-refractivity contribution in [1.82, 2.24) is 0 Å². The molecule has 0 aliphatic carbocycles. The first-order valence-corrected chi connectivity index (χ1v) is 7.61. The van der Waals surface area contributed by atoms with Gasteiger partial charge in [-0.05, 0) is 42.7 Å². The minimum Gasteiger partial charge on any atom is -0.395 e. The van der Waals surface area contributed by atoms with Gasteiger partial charge >= 0.3 is 0 Å². The fourth-order valence-corrected chi connectivity index (χ4v) is 3.03. The van der Waals surface area contributed by atoms with Gasteiger partial charge in [-0.25, -0.2) is 4.39 Å². The van der Waals surface area contributed by atoms with Gasteiger partial charge in [0.1, 0.15) is 5.82 Å². The summed E-state index contributed by atoms with van der Waals surface area (Å²) in [7, 11) is 0. The fraction of sp³-hybridized carbons (Fsp3) is 0.294. The Balaban J connectivity index is 2.40. The maximum atomic E-state index is 13.5. The maximum absolute atomic E-state index is 13.5. The van der Waals surface area contributed by atoms with E-state index in [-0.39, 0.29) is 12.4 Å². The largest absolute Gasteiger partial charge is 0.395 e. The number of aliphatic hydroxyl groups excluding tert-OH is 1. The Hall–Kier alpha value is -1.23. The van der Waals surface area contributed by atoms with Crippen LogP contribution in [0.2, 0.25) is 0 Å². The SMILES string of the molecule is Cc1ccc(C(CN)(CO)Cc2cc(F)cc(Br)c2)cc1. The fourth-order valence-electron chi connectivity index (χ4n) is 2.51. The number of hydrogen-bond acceptors (Lipinski definition) is 2. The normalized spacial score (nSPS) is 14.0. The Morgan fingerprint density at radius 2 is 1.86 bits per heavy atom. The van der Waals surface area contributed by atoms with Crippen molar-refractivity contribution < 1.29 is 9.50 Å². The minimum atomic E-state index is -0.596. The molecule has 0 radical (unpaired) electrons. The van der Waals surface area contributed by atoms with Crippen molar-refractivity contribution >= 4 is 15.9 Å². The number of rotatable bonds is 5. The molecule has 2 aromatic carbocycles. The van der Waals surface area contributed by atoms with Crippen molar-refractivity contribution in [2.75, 3.05) is 13.2 Å². The highest BCUT2D eigenvalue weighted by Crippen LogP contribution is 2.29. The van der Waals surface area contributed by atoms with Crippen LogP contribution in [0.3, 0.4) is 0 Å². The Bertz CT molecular complexity index is 588. The summed E-state index contributed by atoms with van der Waals surface area (Å²) in [5.41, 5.74) is 8.28. The van der Waals surface area contributed by atoms with Crippen LogP contribution in [0.25, 0.3) is 0 Å². The number of nitrogens with two attached hydrogens (primary N) is 1. The quantitative estimate of drug-likeness (QED) is 0.867. The lowest BCUT2D eigenvalue weighted by atomic mass is 9.76. The van der Waals surface area contributed by atoms with Crippen LogP contribution in [-0.4, -0.2) is 18.3 Å². The second kappa shape index (κ2) is 6.69. The Morgan fingerprint density at radius 1 is 1.19 bits per heavy atom. The van der Waals surface area contributed by atoms with Crippen molar-refractivity contribution in [3.05, 3.63) is 69.4 Å². The molecule has 4 heteroatoms. The van der Waals surface area contributed by atoms with E-state index in [0.717, 1.165) is 16.7 Å². The molecule has 2 rings (SSSR count). The zero-order valence-electron chi connectivity index (χ0n) is 11.9. The molecule has 0 amide bonds. The average Bonchev–Trinajstić information content (AvgIpc) is 2.45. The van der Waals surface area contributed by atoms with Gasteiger partial charge in [0.05, 0.1) is 6.61 Å². The van der Waals surface area contributed by atoms with Crippen LogP contribution in [0.15, 0.2) is 46.9 Å². The molecule has 0 saturated carbocycles. The maximum Gasteiger partial charge on any atom is 0.124 e. The summed E-state index contributed by atoms with van der Waals surface area (Å²) in [4.78, 5) is 0. The number of aliphatic hydroxyl groups is 1. The molecule has 0 bridgehead atoms. The predicted octanol–water partition coefficient (Wildman–Crippen LogP) is 3.33. The third-order valence-electron chi connectivity index (χ3n) is 3.82. The van der Waals surface area contributed by atoms with E-state index in [2.05, 4.69) is 15.9 Å². The monoisotopic (exact) mass is 351 g/mol. The van der Waals surface area contributed by atoms with Crippen LogP contribution in [0.5, 0.6) is 0 Å². The van der Waals surface area contributed by atoms with E-state index in [1.165, 1.54) is 12.1 Å². The van der Waals surface area contributed by atoms with Gasteiger partial charge in [-0.1, -0.05) is 45.8 Å². The topological polar surface area (TPSA) is 46.2 Å². The van der Waals surface area contributed by atoms with Crippen molar-refractivity contribution in [2.24, 2.45) is 5.73 Å². The van der Waals surface area contributed by atoms with Crippen LogP contribution in [0.1, 0.15) is 16.7 Å². The molecule has 21 heavy (non-hydrogen) atoms. The molecule has 0 fully saturated rings. The van der Waals surface area contributed by atoms with Gasteiger partial charge in [0, 0.05) is 16.4 Å². The third kappa shape index (κ3) is 3.70. The van der Waals surface area contributed by atoms with Crippen LogP contribution in [0.4, 0.5) is 4.39 Å². The Kier molecular flexibility index (Phi) is 5.14. The highest BCUT2D eigenvalue weighted by atomic mass is 79.9. The summed E-state index contributed by atoms with van der Waals surface area (Å²) in [6.45, 7) is 2.22. The van der Waals surface area contributed by atoms with Crippen LogP contribution >= 0.6 is 15.9 Å². The van der Waals surface area contributed by atoms with E-state index < -0.39 is 5.41 Å². The predicted molar refractivity (Wildman–Crippen MR) is 86.8 cm³/mol. The van der Waals surface area contributed by atoms with E-state index in [1.54, 1.807) is 0 Å². The van der Waals surface area contributed by atoms with Gasteiger partial charge in [0.2, 0.25) is 0 Å². The summed E-state index contributed by atoms with van der Waals surface area (Å²) in [6, 6.07) is 12.7. The second-order valence-corrected chi connectivity index (χ2v) is 6.38. The van der Waals surface area contributed by atoms with Gasteiger partial charge in [-0.15, -0.1) is 0 Å². The molecule has 1 unspecified atom stereocenters. The van der Waals surface area contributed by atoms with E-state index in [9.17, 15) is 9.50 Å². The Labute approximate surface area is 132 Å². The third-order valence-corrected chi connectivity index (χ3v) is 4.28. The van der Waals surface area contributed by atoms with Gasteiger partial charge in [-0.3, -0.25) is 0 Å². The van der Waals surface area contributed by atoms with Gasteiger partial charge in [-0.2, -0.15) is 0 Å². The van der Waals surface area contributed by atoms with Crippen molar-refractivity contribution in [2.45, 2.75) is 18.8 Å². The molecular formula is C17H19BrFNO. The zero-order chi connectivity index (χ0) is 15.5. The van der Waals surface area contributed by atoms with Crippen molar-refractivity contribution in [3.63, 3.8) is 0 Å². The highest BCUT2D eigenvalue weighted by Gasteiger charge is 2.30. The molecule has 0 heterocycles. The van der Waals surface area contributed by atoms with Crippen LogP contribution in [-0.2, 0) is 11.8 Å². The van der Waals surface area contributed by atoms with Gasteiger partial charge < -0.3 is 10.8 Å². The summed E-state index contributed by atoms with van der Waals surface area (Å²) in [6.07, 6.45) is 0.486. The standard InChI is InChI=1S/C17H19BrFNO/c1-12-2-4-14(5-3-12)17(10-20,11-21)9-13-6-15(18)8-16(19)7-13/h2-8,21H,9-11,20H2,1H3. The lowest BCUT2D eigenvalue weighted by Crippen LogP contribution is -2.41. The summed E-state index contributed by atoms with van der Waals surface area (Å²) < 4.78 is 14.2. The summed E-state index contributed by atoms with van der Waals surface area (Å²) in [5.74, 6) is -0.299. The zero-order valence-corrected chi connectivity index (χ0v) is 13.5. The first kappa shape index (κ1) is 16.1. The number of halogens is 2. The molecule has 1 atom stereocenters. The van der Waals surface area contributed by atoms with E-state index in [4.69, 9.17) is 5.73 Å². The summed E-state index contributed by atoms with van der Waals surface area (Å²) >= 11 is 3.30. The molecule has 2 nitrogen and oxygen atoms in total. The molecular weight excluding hydrogens is 333 g/mol. The number of hydrogen-bond donors (Lipinski definition) is 2. The average molecular weight is 352 g/mol. The van der Waals surface area contributed by atoms with Crippen molar-refractivity contribution in [3.8, 4) is 0 Å². The molecule has 0 spiro atoms. The minimum absolute atomic E-state index is 0.0826. The molecule has 0 aliphatic rings. The first-order valence-electron chi connectivity index (χ1n) is 6.82. The Morgan fingerprint density at radius 3 is 2.38 bits per heavy atom.